The highest BCUT2D eigenvalue weighted by Gasteiger charge is 2.13. The monoisotopic (exact) mass is 468 g/mol. The van der Waals surface area contributed by atoms with E-state index in [4.69, 9.17) is 21.8 Å². The number of nitrogens with zero attached hydrogens (tertiary/aromatic N) is 2. The lowest BCUT2D eigenvalue weighted by molar-refractivity contribution is -0.134. The van der Waals surface area contributed by atoms with Gasteiger partial charge >= 0.3 is 11.9 Å². The van der Waals surface area contributed by atoms with E-state index in [9.17, 15) is 19.2 Å². The second-order valence-electron chi connectivity index (χ2n) is 6.07. The van der Waals surface area contributed by atoms with Crippen molar-refractivity contribution in [3.05, 3.63) is 58.1 Å². The molecule has 0 aliphatic heterocycles. The van der Waals surface area contributed by atoms with Gasteiger partial charge in [0.1, 0.15) is 5.69 Å². The first-order valence-corrected chi connectivity index (χ1v) is 9.93. The Labute approximate surface area is 187 Å². The van der Waals surface area contributed by atoms with Crippen LogP contribution in [-0.2, 0) is 9.59 Å². The molecule has 10 nitrogen and oxygen atoms in total. The molecule has 2 amide bonds. The fourth-order valence-corrected chi connectivity index (χ4v) is 2.74. The maximum absolute atomic E-state index is 12.1. The highest BCUT2D eigenvalue weighted by Crippen LogP contribution is 2.17. The van der Waals surface area contributed by atoms with Crippen LogP contribution in [0.5, 0.6) is 0 Å². The summed E-state index contributed by atoms with van der Waals surface area (Å²) in [5, 5.41) is 23.5. The summed E-state index contributed by atoms with van der Waals surface area (Å²) < 4.78 is 0. The van der Waals surface area contributed by atoms with E-state index < -0.39 is 11.9 Å². The number of rotatable bonds is 8. The number of nitrogens with one attached hydrogen (secondary N) is 2. The number of likely N-dealkylation sites (N-methyl/N-ethyl adjacent to an activating group) is 1. The van der Waals surface area contributed by atoms with Crippen LogP contribution in [0.3, 0.4) is 0 Å². The molecule has 0 fully saturated rings. The van der Waals surface area contributed by atoms with Crippen molar-refractivity contribution in [1.82, 2.24) is 15.2 Å². The van der Waals surface area contributed by atoms with Gasteiger partial charge < -0.3 is 20.4 Å². The number of carboxylic acids is 2. The van der Waals surface area contributed by atoms with E-state index in [0.29, 0.717) is 34.4 Å². The summed E-state index contributed by atoms with van der Waals surface area (Å²) in [6, 6.07) is 6.61. The first-order chi connectivity index (χ1) is 14.6. The van der Waals surface area contributed by atoms with Gasteiger partial charge in [-0.25, -0.2) is 14.6 Å². The number of aliphatic carboxylic acids is 2. The van der Waals surface area contributed by atoms with Crippen molar-refractivity contribution in [2.45, 2.75) is 0 Å². The second-order valence-corrected chi connectivity index (χ2v) is 7.37. The summed E-state index contributed by atoms with van der Waals surface area (Å²) in [5.74, 6) is -3.09. The molecule has 0 saturated carbocycles. The Kier molecular flexibility index (Phi) is 10.9. The Morgan fingerprint density at radius 3 is 2.32 bits per heavy atom. The van der Waals surface area contributed by atoms with E-state index in [1.165, 1.54) is 11.3 Å². The van der Waals surface area contributed by atoms with Crippen molar-refractivity contribution in [2.24, 2.45) is 0 Å². The molecule has 0 spiro atoms. The first kappa shape index (κ1) is 25.8. The summed E-state index contributed by atoms with van der Waals surface area (Å²) in [6.45, 7) is 1.28. The van der Waals surface area contributed by atoms with Crippen LogP contribution in [0.15, 0.2) is 41.8 Å². The zero-order valence-corrected chi connectivity index (χ0v) is 18.2. The van der Waals surface area contributed by atoms with E-state index in [1.807, 2.05) is 19.0 Å². The average molecular weight is 469 g/mol. The van der Waals surface area contributed by atoms with Gasteiger partial charge in [-0.3, -0.25) is 14.9 Å². The number of aromatic nitrogens is 1. The SMILES string of the molecule is CN(C)CCNC(=O)c1csc(NC(=O)c2cccc(Cl)c2)n1.O=C(O)/C=C\C(=O)O. The number of carbonyl (C=O) groups is 4. The normalized spacial score (nSPS) is 10.3. The molecular formula is C19H21ClN4O6S. The molecular weight excluding hydrogens is 448 g/mol. The van der Waals surface area contributed by atoms with Crippen molar-refractivity contribution in [1.29, 1.82) is 0 Å². The number of anilines is 1. The van der Waals surface area contributed by atoms with Gasteiger partial charge in [0.05, 0.1) is 0 Å². The highest BCUT2D eigenvalue weighted by molar-refractivity contribution is 7.14. The molecule has 4 N–H and O–H groups in total. The average Bonchev–Trinajstić information content (AvgIpc) is 3.15. The van der Waals surface area contributed by atoms with Crippen molar-refractivity contribution < 1.29 is 29.4 Å². The summed E-state index contributed by atoms with van der Waals surface area (Å²) in [4.78, 5) is 49.2. The zero-order valence-electron chi connectivity index (χ0n) is 16.7. The minimum Gasteiger partial charge on any atom is -0.478 e. The standard InChI is InChI=1S/C15H17ClN4O2S.C4H4O4/c1-20(2)7-6-17-14(22)12-9-23-15(18-12)19-13(21)10-4-3-5-11(16)8-10;5-3(6)1-2-4(7)8/h3-5,8-9H,6-7H2,1-2H3,(H,17,22)(H,18,19,21);1-2H,(H,5,6)(H,7,8)/b;2-1-. The van der Waals surface area contributed by atoms with Gasteiger partial charge in [-0.05, 0) is 32.3 Å². The lowest BCUT2D eigenvalue weighted by atomic mass is 10.2. The fraction of sp³-hybridized carbons (Fsp3) is 0.211. The number of hydrogen-bond donors (Lipinski definition) is 4. The Morgan fingerprint density at radius 1 is 1.13 bits per heavy atom. The third-order valence-electron chi connectivity index (χ3n) is 3.26. The number of benzene rings is 1. The van der Waals surface area contributed by atoms with Crippen molar-refractivity contribution in [3.8, 4) is 0 Å². The molecule has 1 heterocycles. The maximum Gasteiger partial charge on any atom is 0.328 e. The van der Waals surface area contributed by atoms with Gasteiger partial charge in [0.15, 0.2) is 5.13 Å². The van der Waals surface area contributed by atoms with Crippen LogP contribution in [0.25, 0.3) is 0 Å². The molecule has 0 atom stereocenters. The van der Waals surface area contributed by atoms with E-state index in [-0.39, 0.29) is 17.5 Å². The Hall–Kier alpha value is -3.28. The summed E-state index contributed by atoms with van der Waals surface area (Å²) in [5.41, 5.74) is 0.722. The first-order valence-electron chi connectivity index (χ1n) is 8.67. The molecule has 12 heteroatoms. The third kappa shape index (κ3) is 10.9. The smallest absolute Gasteiger partial charge is 0.328 e. The lowest BCUT2D eigenvalue weighted by Gasteiger charge is -2.09. The van der Waals surface area contributed by atoms with Crippen LogP contribution in [0, 0.1) is 0 Å². The predicted molar refractivity (Wildman–Crippen MR) is 117 cm³/mol. The topological polar surface area (TPSA) is 149 Å². The second kappa shape index (κ2) is 13.1. The minimum absolute atomic E-state index is 0.258. The Bertz CT molecular complexity index is 944. The van der Waals surface area contributed by atoms with Gasteiger partial charge in [-0.15, -0.1) is 11.3 Å². The number of amides is 2. The predicted octanol–water partition coefficient (Wildman–Crippen LogP) is 2.05. The van der Waals surface area contributed by atoms with Crippen LogP contribution >= 0.6 is 22.9 Å². The Morgan fingerprint density at radius 2 is 1.77 bits per heavy atom. The highest BCUT2D eigenvalue weighted by atomic mass is 35.5. The molecule has 31 heavy (non-hydrogen) atoms. The van der Waals surface area contributed by atoms with Crippen molar-refractivity contribution in [3.63, 3.8) is 0 Å². The lowest BCUT2D eigenvalue weighted by Crippen LogP contribution is -2.31. The molecule has 0 aliphatic carbocycles. The largest absolute Gasteiger partial charge is 0.478 e. The van der Waals surface area contributed by atoms with Crippen molar-refractivity contribution in [2.75, 3.05) is 32.5 Å². The number of thiazole rings is 1. The summed E-state index contributed by atoms with van der Waals surface area (Å²) in [7, 11) is 3.86. The molecule has 1 aromatic heterocycles. The molecule has 0 aliphatic rings. The third-order valence-corrected chi connectivity index (χ3v) is 4.25. The molecule has 0 radical (unpaired) electrons. The number of carbonyl (C=O) groups excluding carboxylic acids is 2. The fourth-order valence-electron chi connectivity index (χ4n) is 1.86. The summed E-state index contributed by atoms with van der Waals surface area (Å²) >= 11 is 7.06. The summed E-state index contributed by atoms with van der Waals surface area (Å²) in [6.07, 6.45) is 1.12. The van der Waals surface area contributed by atoms with Gasteiger partial charge in [-0.2, -0.15) is 0 Å². The van der Waals surface area contributed by atoms with Crippen LogP contribution in [0.4, 0.5) is 5.13 Å². The van der Waals surface area contributed by atoms with E-state index in [0.717, 1.165) is 6.54 Å². The molecule has 166 valence electrons. The zero-order chi connectivity index (χ0) is 23.4. The van der Waals surface area contributed by atoms with E-state index in [2.05, 4.69) is 15.6 Å². The van der Waals surface area contributed by atoms with E-state index in [1.54, 1.807) is 29.6 Å². The number of halogens is 1. The molecule has 0 bridgehead atoms. The number of hydrogen-bond acceptors (Lipinski definition) is 7. The molecule has 0 saturated heterocycles. The molecule has 2 rings (SSSR count). The minimum atomic E-state index is -1.26. The maximum atomic E-state index is 12.1. The van der Waals surface area contributed by atoms with E-state index >= 15 is 0 Å². The molecule has 1 aromatic carbocycles. The molecule has 2 aromatic rings. The van der Waals surface area contributed by atoms with Crippen LogP contribution < -0.4 is 10.6 Å². The van der Waals surface area contributed by atoms with Gasteiger partial charge in [0.2, 0.25) is 0 Å². The van der Waals surface area contributed by atoms with Gasteiger partial charge in [-0.1, -0.05) is 17.7 Å². The van der Waals surface area contributed by atoms with Crippen molar-refractivity contribution >= 4 is 51.8 Å². The number of carboxylic acid groups (broad SMARTS) is 2. The van der Waals surface area contributed by atoms with Gasteiger partial charge in [0, 0.05) is 41.2 Å². The van der Waals surface area contributed by atoms with Crippen LogP contribution in [0.1, 0.15) is 20.8 Å². The quantitative estimate of drug-likeness (QED) is 0.430. The Balaban J connectivity index is 0.000000512. The van der Waals surface area contributed by atoms with Crippen LogP contribution in [0.2, 0.25) is 5.02 Å². The molecule has 0 unspecified atom stereocenters. The van der Waals surface area contributed by atoms with Gasteiger partial charge in [0.25, 0.3) is 11.8 Å². The van der Waals surface area contributed by atoms with Crippen LogP contribution in [-0.4, -0.2) is 71.0 Å².